The van der Waals surface area contributed by atoms with Gasteiger partial charge in [-0.05, 0) is 32.8 Å². The lowest BCUT2D eigenvalue weighted by molar-refractivity contribution is -0.122. The first-order valence-electron chi connectivity index (χ1n) is 29.1. The van der Waals surface area contributed by atoms with Crippen molar-refractivity contribution in [3.63, 3.8) is 0 Å². The number of aryl methyl sites for hydroxylation is 1. The van der Waals surface area contributed by atoms with Crippen molar-refractivity contribution in [2.45, 2.75) is 145 Å². The lowest BCUT2D eigenvalue weighted by atomic mass is 10.2. The first kappa shape index (κ1) is 71.3. The second-order valence-corrected chi connectivity index (χ2v) is 27.9. The first-order chi connectivity index (χ1) is 44.9. The lowest BCUT2D eigenvalue weighted by Gasteiger charge is -2.25. The number of nitrogens with one attached hydrogen (secondary N) is 3. The molecule has 4 aliphatic heterocycles. The van der Waals surface area contributed by atoms with Crippen molar-refractivity contribution in [1.29, 1.82) is 0 Å². The van der Waals surface area contributed by atoms with Gasteiger partial charge in [0.05, 0.1) is 57.8 Å². The monoisotopic (exact) mass is 1420 g/mol. The molecule has 0 saturated carbocycles. The zero-order chi connectivity index (χ0) is 68.3. The SMILES string of the molecule is Cc1cn([C@H]2C[C@H](O)[C@@H](COP(=O)(O)O[C@H]3C[C@H](n4ccc(N)nc4=O)O[C@@H]3COP(=O)(O)O[C@H]3C[C@H](n4cnc5c(N)ncnc54)O[C@@H]3COP(=O)(O)O[C@H]3C[C@H](n4cnc5c(=O)[nH]c(N)nc54)O[C@@H]3COP(=O)(O)OCCCCCCNC(=O)[C@H](C)N)O2)c(=O)[nH]c1=O. The van der Waals surface area contributed by atoms with Crippen LogP contribution in [0.1, 0.15) is 88.8 Å². The van der Waals surface area contributed by atoms with E-state index in [9.17, 15) is 66.9 Å². The third-order valence-electron chi connectivity index (χ3n) is 15.3. The smallest absolute Gasteiger partial charge is 0.390 e. The number of nitrogens with zero attached hydrogens (tertiary/aromatic N) is 10. The number of anilines is 3. The van der Waals surface area contributed by atoms with E-state index in [-0.39, 0.29) is 77.3 Å². The number of hydrogen-bond donors (Lipinski definition) is 12. The molecule has 0 spiro atoms. The molecule has 6 aromatic rings. The zero-order valence-corrected chi connectivity index (χ0v) is 53.8. The Labute approximate surface area is 534 Å². The normalized spacial score (nSPS) is 27.5. The van der Waals surface area contributed by atoms with Gasteiger partial charge in [-0.2, -0.15) is 9.97 Å². The molecule has 10 heterocycles. The summed E-state index contributed by atoms with van der Waals surface area (Å²) >= 11 is 0. The summed E-state index contributed by atoms with van der Waals surface area (Å²) in [7, 11) is -20.9. The van der Waals surface area contributed by atoms with E-state index in [0.717, 1.165) is 15.5 Å². The minimum Gasteiger partial charge on any atom is -0.390 e. The van der Waals surface area contributed by atoms with E-state index in [4.69, 9.17) is 78.1 Å². The number of nitrogen functional groups attached to an aromatic ring is 3. The molecule has 4 unspecified atom stereocenters. The highest BCUT2D eigenvalue weighted by atomic mass is 31.2. The maximum absolute atomic E-state index is 14.2. The van der Waals surface area contributed by atoms with Crippen molar-refractivity contribution in [2.75, 3.05) is 56.8 Å². The number of ether oxygens (including phenoxy) is 4. The van der Waals surface area contributed by atoms with E-state index in [1.54, 1.807) is 6.92 Å². The Hall–Kier alpha value is -6.47. The number of fused-ring (bicyclic) bond motifs is 2. The Morgan fingerprint density at radius 3 is 1.74 bits per heavy atom. The Morgan fingerprint density at radius 2 is 1.16 bits per heavy atom. The summed E-state index contributed by atoms with van der Waals surface area (Å²) in [5.41, 5.74) is 20.1. The zero-order valence-electron chi connectivity index (χ0n) is 50.2. The summed E-state index contributed by atoms with van der Waals surface area (Å²) in [6.45, 7) is -0.443. The molecule has 6 aromatic heterocycles. The van der Waals surface area contributed by atoms with Crippen molar-refractivity contribution in [3.05, 3.63) is 84.7 Å². The highest BCUT2D eigenvalue weighted by Gasteiger charge is 2.49. The molecule has 522 valence electrons. The predicted molar refractivity (Wildman–Crippen MR) is 320 cm³/mol. The standard InChI is InChI=1S/C48H69N17O26P4/c1-23-15-63(48(71)61-43(23)67)34-11-25(66)29(85-34)16-82-93(74,75)89-26-12-35(62-9-7-33(50)58-47(62)70)86-31(26)18-83-94(76,77)90-27-13-36(64-21-56-38-40(51)54-20-55-41(38)64)87-32(27)19-84-95(78,79)91-28-14-37(65-22-57-39-42(65)59-46(52)60-45(39)69)88-30(28)17-81-92(72,73)80-10-6-4-3-5-8-53-44(68)24(2)49/h7,9,15,20-22,24-32,34-37,66H,3-6,8,10-14,16-19,49H2,1-2H3,(H,53,68)(H,72,73)(H,74,75)(H,76,77)(H,78,79)(H2,50,58,70)(H2,51,54,55)(H,61,67,71)(H3,52,59,60,69)/t24-,25-,26-,27-,28-,29+,30+,31+,32+,34+,35+,36+,37+/m0/s1. The number of aromatic amines is 2. The van der Waals surface area contributed by atoms with E-state index in [1.807, 2.05) is 0 Å². The van der Waals surface area contributed by atoms with Crippen LogP contribution in [-0.4, -0.2) is 183 Å². The number of unbranched alkanes of at least 4 members (excludes halogenated alkanes) is 3. The summed E-state index contributed by atoms with van der Waals surface area (Å²) in [5, 5.41) is 13.5. The van der Waals surface area contributed by atoms with Gasteiger partial charge in [0.2, 0.25) is 11.9 Å². The Bertz CT molecular complexity index is 4190. The molecule has 0 bridgehead atoms. The predicted octanol–water partition coefficient (Wildman–Crippen LogP) is -1.00. The molecule has 0 aliphatic carbocycles. The van der Waals surface area contributed by atoms with Crippen LogP contribution in [0.3, 0.4) is 0 Å². The van der Waals surface area contributed by atoms with Gasteiger partial charge in [0.15, 0.2) is 22.6 Å². The quantitative estimate of drug-likeness (QED) is 0.0183. The van der Waals surface area contributed by atoms with Gasteiger partial charge in [0.1, 0.15) is 85.3 Å². The number of nitrogens with two attached hydrogens (primary N) is 4. The van der Waals surface area contributed by atoms with Gasteiger partial charge in [0, 0.05) is 50.2 Å². The number of hydrogen-bond acceptors (Lipinski definition) is 32. The number of phosphoric acid groups is 4. The number of carbonyl (C=O) groups excluding carboxylic acids is 1. The Morgan fingerprint density at radius 1 is 0.642 bits per heavy atom. The molecule has 4 aliphatic rings. The van der Waals surface area contributed by atoms with Gasteiger partial charge in [-0.3, -0.25) is 78.8 Å². The van der Waals surface area contributed by atoms with Crippen LogP contribution in [0.25, 0.3) is 22.3 Å². The van der Waals surface area contributed by atoms with Gasteiger partial charge < -0.3 is 71.9 Å². The van der Waals surface area contributed by atoms with Crippen LogP contribution in [0.4, 0.5) is 17.6 Å². The lowest BCUT2D eigenvalue weighted by Crippen LogP contribution is -2.38. The Balaban J connectivity index is 0.817. The van der Waals surface area contributed by atoms with Crippen molar-refractivity contribution >= 4 is 77.1 Å². The Kier molecular flexibility index (Phi) is 22.3. The number of imidazole rings is 2. The molecule has 0 radical (unpaired) electrons. The van der Waals surface area contributed by atoms with Gasteiger partial charge in [-0.15, -0.1) is 0 Å². The van der Waals surface area contributed by atoms with Gasteiger partial charge in [-0.1, -0.05) is 12.8 Å². The number of H-pyrrole nitrogens is 2. The van der Waals surface area contributed by atoms with Crippen molar-refractivity contribution in [3.8, 4) is 0 Å². The summed E-state index contributed by atoms with van der Waals surface area (Å²) in [6.07, 6.45) is -10.4. The topological polar surface area (TPSA) is 610 Å². The summed E-state index contributed by atoms with van der Waals surface area (Å²) < 4.78 is 127. The fourth-order valence-electron chi connectivity index (χ4n) is 10.6. The number of phosphoric ester groups is 4. The number of aromatic nitrogens is 12. The molecule has 17 atom stereocenters. The molecule has 4 saturated heterocycles. The van der Waals surface area contributed by atoms with Crippen LogP contribution in [0.2, 0.25) is 0 Å². The number of rotatable bonds is 31. The van der Waals surface area contributed by atoms with E-state index >= 15 is 0 Å². The molecule has 0 aromatic carbocycles. The second-order valence-electron chi connectivity index (χ2n) is 22.2. The fraction of sp³-hybridized carbons (Fsp3) is 0.604. The average Bonchev–Trinajstić information content (AvgIpc) is 1.65. The van der Waals surface area contributed by atoms with Crippen molar-refractivity contribution in [1.82, 2.24) is 63.5 Å². The summed E-state index contributed by atoms with van der Waals surface area (Å²) in [6, 6.07) is 0.572. The molecule has 95 heavy (non-hydrogen) atoms. The van der Waals surface area contributed by atoms with Crippen LogP contribution in [-0.2, 0) is 78.2 Å². The molecule has 10 rings (SSSR count). The summed E-state index contributed by atoms with van der Waals surface area (Å²) in [4.78, 5) is 135. The minimum atomic E-state index is -5.44. The third kappa shape index (κ3) is 17.8. The van der Waals surface area contributed by atoms with E-state index in [1.165, 1.54) is 47.2 Å². The number of amides is 1. The maximum atomic E-state index is 14.2. The van der Waals surface area contributed by atoms with Gasteiger partial charge in [-0.25, -0.2) is 47.8 Å². The maximum Gasteiger partial charge on any atom is 0.472 e. The molecule has 47 heteroatoms. The van der Waals surface area contributed by atoms with E-state index < -0.39 is 166 Å². The molecule has 43 nitrogen and oxygen atoms in total. The van der Waals surface area contributed by atoms with Crippen LogP contribution in [0, 0.1) is 6.92 Å². The third-order valence-corrected chi connectivity index (χ3v) is 19.3. The molecule has 16 N–H and O–H groups in total. The number of carbonyl (C=O) groups is 1. The van der Waals surface area contributed by atoms with Crippen LogP contribution in [0.5, 0.6) is 0 Å². The molecule has 1 amide bonds. The number of aliphatic hydroxyl groups is 1. The molecular weight excluding hydrogens is 1350 g/mol. The fourth-order valence-corrected chi connectivity index (χ4v) is 14.2. The van der Waals surface area contributed by atoms with Crippen LogP contribution in [0.15, 0.2) is 56.6 Å². The first-order valence-corrected chi connectivity index (χ1v) is 35.1. The minimum absolute atomic E-state index is 0.0316. The summed E-state index contributed by atoms with van der Waals surface area (Å²) in [5.74, 6) is -0.806. The average molecular weight is 1420 g/mol. The van der Waals surface area contributed by atoms with E-state index in [0.29, 0.717) is 32.2 Å². The van der Waals surface area contributed by atoms with Crippen LogP contribution < -0.4 is 50.7 Å². The van der Waals surface area contributed by atoms with Crippen LogP contribution >= 0.6 is 31.3 Å². The molecule has 4 fully saturated rings. The van der Waals surface area contributed by atoms with Gasteiger partial charge in [0.25, 0.3) is 11.1 Å². The molecular formula is C48H69N17O26P4. The highest BCUT2D eigenvalue weighted by Crippen LogP contribution is 2.54. The van der Waals surface area contributed by atoms with Crippen molar-refractivity contribution < 1.29 is 103 Å². The van der Waals surface area contributed by atoms with Gasteiger partial charge >= 0.3 is 42.7 Å². The second kappa shape index (κ2) is 29.7. The van der Waals surface area contributed by atoms with E-state index in [2.05, 4.69) is 45.2 Å². The number of aliphatic hydroxyl groups excluding tert-OH is 1. The highest BCUT2D eigenvalue weighted by molar-refractivity contribution is 7.48. The largest absolute Gasteiger partial charge is 0.472 e. The van der Waals surface area contributed by atoms with Crippen molar-refractivity contribution in [2.24, 2.45) is 5.73 Å².